The lowest BCUT2D eigenvalue weighted by Crippen LogP contribution is -2.53. The summed E-state index contributed by atoms with van der Waals surface area (Å²) in [5, 5.41) is 6.40. The first-order valence-corrected chi connectivity index (χ1v) is 7.17. The molecule has 2 aliphatic heterocycles. The van der Waals surface area contributed by atoms with Crippen molar-refractivity contribution in [2.24, 2.45) is 0 Å². The molecule has 0 aliphatic carbocycles. The summed E-state index contributed by atoms with van der Waals surface area (Å²) < 4.78 is 0. The third kappa shape index (κ3) is 3.59. The molecule has 18 heavy (non-hydrogen) atoms. The smallest absolute Gasteiger partial charge is 0.318 e. The van der Waals surface area contributed by atoms with Gasteiger partial charge in [0.2, 0.25) is 0 Å². The summed E-state index contributed by atoms with van der Waals surface area (Å²) in [6.07, 6.45) is 3.20. The molecule has 5 nitrogen and oxygen atoms in total. The molecule has 0 aromatic rings. The summed E-state index contributed by atoms with van der Waals surface area (Å²) in [4.78, 5) is 16.4. The maximum Gasteiger partial charge on any atom is 0.318 e. The summed E-state index contributed by atoms with van der Waals surface area (Å²) in [6, 6.07) is 1.08. The second-order valence-corrected chi connectivity index (χ2v) is 5.63. The van der Waals surface area contributed by atoms with Crippen molar-refractivity contribution < 1.29 is 4.79 Å². The molecule has 0 bridgehead atoms. The van der Waals surface area contributed by atoms with Gasteiger partial charge in [-0.2, -0.15) is 0 Å². The fraction of sp³-hybridized carbons (Fsp3) is 0.923. The molecule has 2 N–H and O–H groups in total. The van der Waals surface area contributed by atoms with E-state index < -0.39 is 0 Å². The quantitative estimate of drug-likeness (QED) is 0.767. The molecule has 0 aromatic carbocycles. The Labute approximate surface area is 110 Å². The summed E-state index contributed by atoms with van der Waals surface area (Å²) in [5.74, 6) is 0. The number of nitrogens with one attached hydrogen (secondary N) is 2. The van der Waals surface area contributed by atoms with E-state index in [0.717, 1.165) is 45.4 Å². The summed E-state index contributed by atoms with van der Waals surface area (Å²) in [7, 11) is 0. The predicted molar refractivity (Wildman–Crippen MR) is 72.5 cm³/mol. The van der Waals surface area contributed by atoms with Gasteiger partial charge in [0, 0.05) is 31.7 Å². The fourth-order valence-electron chi connectivity index (χ4n) is 2.69. The Balaban J connectivity index is 1.72. The lowest BCUT2D eigenvalue weighted by Gasteiger charge is -2.36. The highest BCUT2D eigenvalue weighted by molar-refractivity contribution is 5.74. The molecule has 2 saturated heterocycles. The van der Waals surface area contributed by atoms with Crippen molar-refractivity contribution in [2.75, 3.05) is 32.8 Å². The number of hydrogen-bond acceptors (Lipinski definition) is 3. The minimum absolute atomic E-state index is 0.102. The largest absolute Gasteiger partial charge is 0.335 e. The Morgan fingerprint density at radius 1 is 1.28 bits per heavy atom. The second-order valence-electron chi connectivity index (χ2n) is 5.63. The average Bonchev–Trinajstić information content (AvgIpc) is 2.40. The van der Waals surface area contributed by atoms with Gasteiger partial charge in [0.1, 0.15) is 0 Å². The molecular weight excluding hydrogens is 228 g/mol. The molecule has 2 amide bonds. The van der Waals surface area contributed by atoms with Crippen LogP contribution in [0.15, 0.2) is 0 Å². The van der Waals surface area contributed by atoms with Gasteiger partial charge in [-0.15, -0.1) is 0 Å². The number of urea groups is 1. The molecule has 2 fully saturated rings. The van der Waals surface area contributed by atoms with E-state index in [4.69, 9.17) is 0 Å². The number of nitrogens with zero attached hydrogens (tertiary/aromatic N) is 2. The molecule has 0 aromatic heterocycles. The van der Waals surface area contributed by atoms with Gasteiger partial charge in [-0.1, -0.05) is 0 Å². The molecule has 2 heterocycles. The van der Waals surface area contributed by atoms with Crippen LogP contribution < -0.4 is 10.6 Å². The number of piperidine rings is 1. The Hall–Kier alpha value is -0.810. The first kappa shape index (κ1) is 13.6. The van der Waals surface area contributed by atoms with Crippen molar-refractivity contribution in [3.05, 3.63) is 0 Å². The molecule has 104 valence electrons. The highest BCUT2D eigenvalue weighted by Crippen LogP contribution is 2.13. The molecule has 0 radical (unpaired) electrons. The zero-order chi connectivity index (χ0) is 13.0. The Kier molecular flexibility index (Phi) is 4.83. The third-order valence-corrected chi connectivity index (χ3v) is 3.96. The molecule has 5 heteroatoms. The van der Waals surface area contributed by atoms with E-state index in [0.29, 0.717) is 18.8 Å². The van der Waals surface area contributed by atoms with Crippen molar-refractivity contribution in [3.8, 4) is 0 Å². The third-order valence-electron chi connectivity index (χ3n) is 3.96. The number of amides is 2. The van der Waals surface area contributed by atoms with E-state index in [1.54, 1.807) is 0 Å². The van der Waals surface area contributed by atoms with Gasteiger partial charge < -0.3 is 15.1 Å². The minimum atomic E-state index is 0.102. The maximum absolute atomic E-state index is 12.0. The van der Waals surface area contributed by atoms with E-state index in [-0.39, 0.29) is 6.03 Å². The Morgan fingerprint density at radius 2 is 2.00 bits per heavy atom. The monoisotopic (exact) mass is 254 g/mol. The summed E-state index contributed by atoms with van der Waals surface area (Å²) in [6.45, 7) is 9.26. The van der Waals surface area contributed by atoms with E-state index in [1.165, 1.54) is 0 Å². The zero-order valence-electron chi connectivity index (χ0n) is 11.6. The molecule has 0 saturated carbocycles. The van der Waals surface area contributed by atoms with Crippen LogP contribution in [0.1, 0.15) is 33.1 Å². The van der Waals surface area contributed by atoms with Gasteiger partial charge in [0.25, 0.3) is 0 Å². The highest BCUT2D eigenvalue weighted by atomic mass is 16.2. The first-order chi connectivity index (χ1) is 8.66. The van der Waals surface area contributed by atoms with Crippen LogP contribution in [0.25, 0.3) is 0 Å². The van der Waals surface area contributed by atoms with Crippen LogP contribution in [0.5, 0.6) is 0 Å². The van der Waals surface area contributed by atoms with Gasteiger partial charge in [-0.05, 0) is 39.7 Å². The van der Waals surface area contributed by atoms with Crippen molar-refractivity contribution >= 4 is 6.03 Å². The lowest BCUT2D eigenvalue weighted by atomic mass is 10.0. The Morgan fingerprint density at radius 3 is 2.56 bits per heavy atom. The molecule has 0 spiro atoms. The normalized spacial score (nSPS) is 23.4. The summed E-state index contributed by atoms with van der Waals surface area (Å²) in [5.41, 5.74) is 0. The zero-order valence-corrected chi connectivity index (χ0v) is 11.6. The minimum Gasteiger partial charge on any atom is -0.335 e. The van der Waals surface area contributed by atoms with Crippen molar-refractivity contribution in [2.45, 2.75) is 45.2 Å². The molecule has 0 unspecified atom stereocenters. The maximum atomic E-state index is 12.0. The van der Waals surface area contributed by atoms with Gasteiger partial charge in [0.05, 0.1) is 6.67 Å². The number of carbonyl (C=O) groups excluding carboxylic acids is 1. The van der Waals surface area contributed by atoms with Crippen LogP contribution >= 0.6 is 0 Å². The second kappa shape index (κ2) is 6.38. The lowest BCUT2D eigenvalue weighted by molar-refractivity contribution is 0.147. The van der Waals surface area contributed by atoms with E-state index >= 15 is 0 Å². The van der Waals surface area contributed by atoms with Crippen LogP contribution in [-0.4, -0.2) is 60.8 Å². The van der Waals surface area contributed by atoms with Gasteiger partial charge in [-0.3, -0.25) is 5.32 Å². The van der Waals surface area contributed by atoms with Crippen LogP contribution in [0.2, 0.25) is 0 Å². The number of rotatable bonds is 2. The van der Waals surface area contributed by atoms with Gasteiger partial charge in [0.15, 0.2) is 0 Å². The molecule has 2 rings (SSSR count). The first-order valence-electron chi connectivity index (χ1n) is 7.17. The van der Waals surface area contributed by atoms with Gasteiger partial charge >= 0.3 is 6.03 Å². The van der Waals surface area contributed by atoms with Crippen molar-refractivity contribution in [3.63, 3.8) is 0 Å². The standard InChI is InChI=1S/C13H26N4O/c1-11(2)16-8-4-12(5-9-16)15-13(18)17-7-3-6-14-10-17/h11-12,14H,3-10H2,1-2H3,(H,15,18). The van der Waals surface area contributed by atoms with Crippen LogP contribution in [0, 0.1) is 0 Å². The van der Waals surface area contributed by atoms with Crippen LogP contribution in [0.3, 0.4) is 0 Å². The van der Waals surface area contributed by atoms with Crippen molar-refractivity contribution in [1.29, 1.82) is 0 Å². The van der Waals surface area contributed by atoms with Crippen LogP contribution in [-0.2, 0) is 0 Å². The van der Waals surface area contributed by atoms with E-state index in [2.05, 4.69) is 29.4 Å². The molecular formula is C13H26N4O. The number of carbonyl (C=O) groups is 1. The average molecular weight is 254 g/mol. The SMILES string of the molecule is CC(C)N1CCC(NC(=O)N2CCCNC2)CC1. The van der Waals surface area contributed by atoms with Crippen molar-refractivity contribution in [1.82, 2.24) is 20.4 Å². The fourth-order valence-corrected chi connectivity index (χ4v) is 2.69. The van der Waals surface area contributed by atoms with Crippen LogP contribution in [0.4, 0.5) is 4.79 Å². The summed E-state index contributed by atoms with van der Waals surface area (Å²) >= 11 is 0. The topological polar surface area (TPSA) is 47.6 Å². The highest BCUT2D eigenvalue weighted by Gasteiger charge is 2.24. The molecule has 2 aliphatic rings. The van der Waals surface area contributed by atoms with Gasteiger partial charge in [-0.25, -0.2) is 4.79 Å². The number of hydrogen-bond donors (Lipinski definition) is 2. The predicted octanol–water partition coefficient (Wildman–Crippen LogP) is 0.822. The Bertz CT molecular complexity index is 268. The van der Waals surface area contributed by atoms with E-state index in [9.17, 15) is 4.79 Å². The number of likely N-dealkylation sites (tertiary alicyclic amines) is 1. The molecule has 0 atom stereocenters. The van der Waals surface area contributed by atoms with E-state index in [1.807, 2.05) is 4.90 Å².